The van der Waals surface area contributed by atoms with Crippen LogP contribution in [0.3, 0.4) is 0 Å². The maximum Gasteiger partial charge on any atom is 0.261 e. The number of pyridine rings is 1. The third kappa shape index (κ3) is 4.10. The summed E-state index contributed by atoms with van der Waals surface area (Å²) in [6, 6.07) is 5.95. The summed E-state index contributed by atoms with van der Waals surface area (Å²) >= 11 is 5.95. The minimum atomic E-state index is -1.21. The summed E-state index contributed by atoms with van der Waals surface area (Å²) < 4.78 is 37.3. The van der Waals surface area contributed by atoms with E-state index in [0.29, 0.717) is 35.5 Å². The summed E-state index contributed by atoms with van der Waals surface area (Å²) in [4.78, 5) is 24.4. The molecule has 2 aromatic heterocycles. The van der Waals surface area contributed by atoms with Gasteiger partial charge in [0, 0.05) is 30.1 Å². The van der Waals surface area contributed by atoms with Crippen molar-refractivity contribution in [3.63, 3.8) is 0 Å². The molecule has 2 aliphatic heterocycles. The topological polar surface area (TPSA) is 60.2 Å². The molecule has 1 saturated heterocycles. The Balaban J connectivity index is 1.67. The number of nitrogens with zero attached hydrogens (tertiary/aromatic N) is 4. The lowest BCUT2D eigenvalue weighted by atomic mass is 10.1. The quantitative estimate of drug-likeness (QED) is 0.558. The van der Waals surface area contributed by atoms with E-state index in [-0.39, 0.29) is 34.9 Å². The Morgan fingerprint density at radius 2 is 1.97 bits per heavy atom. The van der Waals surface area contributed by atoms with Crippen LogP contribution >= 0.6 is 11.6 Å². The zero-order chi connectivity index (χ0) is 23.5. The predicted molar refractivity (Wildman–Crippen MR) is 124 cm³/mol. The molecule has 4 heterocycles. The molecule has 2 atom stereocenters. The second kappa shape index (κ2) is 8.02. The van der Waals surface area contributed by atoms with E-state index in [4.69, 9.17) is 16.3 Å². The molecule has 174 valence electrons. The van der Waals surface area contributed by atoms with Crippen molar-refractivity contribution in [2.24, 2.45) is 0 Å². The van der Waals surface area contributed by atoms with E-state index in [1.807, 2.05) is 20.8 Å². The number of ether oxygens (including phenoxy) is 1. The smallest absolute Gasteiger partial charge is 0.261 e. The second-order valence-corrected chi connectivity index (χ2v) is 10.1. The number of halogens is 3. The number of benzene rings is 1. The van der Waals surface area contributed by atoms with Crippen LogP contribution in [0.15, 0.2) is 29.1 Å². The Labute approximate surface area is 195 Å². The van der Waals surface area contributed by atoms with Crippen molar-refractivity contribution in [2.75, 3.05) is 18.0 Å². The number of fused-ring (bicyclic) bond motifs is 2. The molecule has 0 radical (unpaired) electrons. The van der Waals surface area contributed by atoms with E-state index in [2.05, 4.69) is 9.97 Å². The van der Waals surface area contributed by atoms with E-state index < -0.39 is 23.7 Å². The van der Waals surface area contributed by atoms with Crippen LogP contribution in [0.5, 0.6) is 0 Å². The standard InChI is InChI=1S/C24H25ClF2N4O2/c1-24(2,3)33-18-12-30(11-17(18)27)20-10-15-22(28-19-5-4-8-31(19)23(15)32)21(29-20)14-7-6-13(25)9-16(14)26/h6-7,9-10,17-18H,4-5,8,11-12H2,1-3H3/t17?,18-/m1/s1. The summed E-state index contributed by atoms with van der Waals surface area (Å²) in [6.45, 7) is 6.58. The highest BCUT2D eigenvalue weighted by Gasteiger charge is 2.37. The number of hydrogen-bond donors (Lipinski definition) is 0. The maximum atomic E-state index is 14.9. The van der Waals surface area contributed by atoms with Gasteiger partial charge in [-0.25, -0.2) is 18.7 Å². The Hall–Kier alpha value is -2.58. The zero-order valence-corrected chi connectivity index (χ0v) is 19.5. The Morgan fingerprint density at radius 1 is 1.18 bits per heavy atom. The molecule has 1 unspecified atom stereocenters. The lowest BCUT2D eigenvalue weighted by molar-refractivity contribution is -0.0730. The molecule has 6 nitrogen and oxygen atoms in total. The molecule has 9 heteroatoms. The molecule has 33 heavy (non-hydrogen) atoms. The monoisotopic (exact) mass is 474 g/mol. The number of aryl methyl sites for hydroxylation is 1. The molecule has 0 spiro atoms. The van der Waals surface area contributed by atoms with Crippen molar-refractivity contribution in [1.29, 1.82) is 0 Å². The third-order valence-electron chi connectivity index (χ3n) is 6.00. The van der Waals surface area contributed by atoms with Crippen molar-refractivity contribution in [3.8, 4) is 11.3 Å². The number of anilines is 1. The first-order valence-corrected chi connectivity index (χ1v) is 11.5. The summed E-state index contributed by atoms with van der Waals surface area (Å²) in [6.07, 6.45) is -0.337. The molecule has 0 N–H and O–H groups in total. The van der Waals surface area contributed by atoms with Gasteiger partial charge in [0.2, 0.25) is 0 Å². The van der Waals surface area contributed by atoms with Gasteiger partial charge in [-0.1, -0.05) is 11.6 Å². The van der Waals surface area contributed by atoms with Crippen LogP contribution in [-0.4, -0.2) is 45.5 Å². The van der Waals surface area contributed by atoms with Gasteiger partial charge >= 0.3 is 0 Å². The average molecular weight is 475 g/mol. The van der Waals surface area contributed by atoms with Crippen LogP contribution in [0.2, 0.25) is 5.02 Å². The highest BCUT2D eigenvalue weighted by Crippen LogP contribution is 2.33. The van der Waals surface area contributed by atoms with Gasteiger partial charge in [-0.05, 0) is 51.5 Å². The lowest BCUT2D eigenvalue weighted by Crippen LogP contribution is -2.33. The van der Waals surface area contributed by atoms with Crippen LogP contribution in [0.4, 0.5) is 14.6 Å². The predicted octanol–water partition coefficient (Wildman–Crippen LogP) is 4.54. The van der Waals surface area contributed by atoms with Crippen molar-refractivity contribution in [1.82, 2.24) is 14.5 Å². The van der Waals surface area contributed by atoms with Gasteiger partial charge in [0.15, 0.2) is 0 Å². The SMILES string of the molecule is CC(C)(C)O[C@@H]1CN(c2cc3c(=O)n4c(nc3c(-c3ccc(Cl)cc3F)n2)CCC4)CC1F. The van der Waals surface area contributed by atoms with Crippen molar-refractivity contribution < 1.29 is 13.5 Å². The molecule has 1 fully saturated rings. The van der Waals surface area contributed by atoms with E-state index in [9.17, 15) is 13.6 Å². The maximum absolute atomic E-state index is 14.9. The van der Waals surface area contributed by atoms with Gasteiger partial charge in [0.1, 0.15) is 40.9 Å². The number of hydrogen-bond acceptors (Lipinski definition) is 5. The van der Waals surface area contributed by atoms with Crippen LogP contribution in [0.1, 0.15) is 33.0 Å². The Kier molecular flexibility index (Phi) is 5.40. The zero-order valence-electron chi connectivity index (χ0n) is 18.7. The third-order valence-corrected chi connectivity index (χ3v) is 6.24. The van der Waals surface area contributed by atoms with Crippen LogP contribution in [0, 0.1) is 5.82 Å². The minimum Gasteiger partial charge on any atom is -0.368 e. The number of alkyl halides is 1. The molecular formula is C24H25ClF2N4O2. The lowest BCUT2D eigenvalue weighted by Gasteiger charge is -2.26. The van der Waals surface area contributed by atoms with Gasteiger partial charge in [0.25, 0.3) is 5.56 Å². The number of rotatable bonds is 3. The molecule has 5 rings (SSSR count). The first kappa shape index (κ1) is 22.2. The van der Waals surface area contributed by atoms with Crippen molar-refractivity contribution in [3.05, 3.63) is 51.3 Å². The molecule has 3 aromatic rings. The summed E-state index contributed by atoms with van der Waals surface area (Å²) in [5.74, 6) is 0.503. The summed E-state index contributed by atoms with van der Waals surface area (Å²) in [7, 11) is 0. The first-order chi connectivity index (χ1) is 15.6. The average Bonchev–Trinajstić information content (AvgIpc) is 3.34. The molecule has 0 aliphatic carbocycles. The Morgan fingerprint density at radius 3 is 2.70 bits per heavy atom. The number of aromatic nitrogens is 3. The van der Waals surface area contributed by atoms with Gasteiger partial charge in [-0.15, -0.1) is 0 Å². The van der Waals surface area contributed by atoms with Gasteiger partial charge in [-0.3, -0.25) is 9.36 Å². The summed E-state index contributed by atoms with van der Waals surface area (Å²) in [5.41, 5.74) is 0.101. The van der Waals surface area contributed by atoms with Crippen molar-refractivity contribution >= 4 is 28.3 Å². The fraction of sp³-hybridized carbons (Fsp3) is 0.458. The Bertz CT molecular complexity index is 1300. The second-order valence-electron chi connectivity index (χ2n) is 9.63. The van der Waals surface area contributed by atoms with Gasteiger partial charge < -0.3 is 9.64 Å². The highest BCUT2D eigenvalue weighted by atomic mass is 35.5. The normalized spacial score (nSPS) is 20.6. The molecular weight excluding hydrogens is 450 g/mol. The van der Waals surface area contributed by atoms with Gasteiger partial charge in [0.05, 0.1) is 17.5 Å². The highest BCUT2D eigenvalue weighted by molar-refractivity contribution is 6.30. The largest absolute Gasteiger partial charge is 0.368 e. The van der Waals surface area contributed by atoms with E-state index >= 15 is 0 Å². The van der Waals surface area contributed by atoms with Crippen LogP contribution in [-0.2, 0) is 17.7 Å². The fourth-order valence-corrected chi connectivity index (χ4v) is 4.75. The fourth-order valence-electron chi connectivity index (χ4n) is 4.59. The molecule has 0 saturated carbocycles. The molecule has 2 aliphatic rings. The molecule has 0 amide bonds. The van der Waals surface area contributed by atoms with Crippen LogP contribution in [0.25, 0.3) is 22.2 Å². The van der Waals surface area contributed by atoms with Crippen molar-refractivity contribution in [2.45, 2.75) is 58.0 Å². The molecule has 1 aromatic carbocycles. The van der Waals surface area contributed by atoms with E-state index in [1.165, 1.54) is 12.1 Å². The van der Waals surface area contributed by atoms with Crippen LogP contribution < -0.4 is 10.5 Å². The van der Waals surface area contributed by atoms with Gasteiger partial charge in [-0.2, -0.15) is 0 Å². The van der Waals surface area contributed by atoms with E-state index in [0.717, 1.165) is 6.42 Å². The first-order valence-electron chi connectivity index (χ1n) is 11.1. The molecule has 0 bridgehead atoms. The minimum absolute atomic E-state index is 0.0709. The summed E-state index contributed by atoms with van der Waals surface area (Å²) in [5, 5.41) is 0.596. The van der Waals surface area contributed by atoms with E-state index in [1.54, 1.807) is 21.6 Å².